The normalized spacial score (nSPS) is 15.8. The maximum Gasteiger partial charge on any atom is 0.476 e. The number of carbonyl (C=O) groups excluding carboxylic acids is 1. The van der Waals surface area contributed by atoms with Crippen molar-refractivity contribution >= 4 is 24.2 Å². The molecule has 0 amide bonds. The van der Waals surface area contributed by atoms with Gasteiger partial charge in [0.1, 0.15) is 0 Å². The minimum absolute atomic E-state index is 0.163. The molecule has 0 aliphatic heterocycles. The molecule has 6 nitrogen and oxygen atoms in total. The minimum Gasteiger partial charge on any atom is -0.377 e. The molecule has 0 saturated carbocycles. The number of hydrogen-bond donors (Lipinski definition) is 1. The van der Waals surface area contributed by atoms with Crippen LogP contribution in [0, 0.1) is 0 Å². The van der Waals surface area contributed by atoms with E-state index in [4.69, 9.17) is 20.9 Å². The van der Waals surface area contributed by atoms with Crippen LogP contribution in [0.15, 0.2) is 30.3 Å². The molecular weight excluding hydrogens is 293 g/mol. The predicted octanol–water partition coefficient (Wildman–Crippen LogP) is 1.97. The molecule has 2 unspecified atom stereocenters. The van der Waals surface area contributed by atoms with Crippen molar-refractivity contribution in [2.75, 3.05) is 14.1 Å². The summed E-state index contributed by atoms with van der Waals surface area (Å²) in [5.74, 6) is -1.01. The summed E-state index contributed by atoms with van der Waals surface area (Å²) < 4.78 is 20.4. The Morgan fingerprint density at radius 1 is 1.42 bits per heavy atom. The van der Waals surface area contributed by atoms with E-state index < -0.39 is 19.1 Å². The van der Waals surface area contributed by atoms with E-state index in [2.05, 4.69) is 4.52 Å². The van der Waals surface area contributed by atoms with Gasteiger partial charge in [-0.25, -0.2) is 9.36 Å². The third kappa shape index (κ3) is 6.18. The van der Waals surface area contributed by atoms with Crippen LogP contribution in [-0.4, -0.2) is 36.1 Å². The van der Waals surface area contributed by atoms with E-state index in [-0.39, 0.29) is 6.61 Å². The SMILES string of the molecule is CN(C)C(OCc1ccccc1)C(=O)OP(=O)(O)Cl. The standard InChI is InChI=1S/C11H15ClNO5P/c1-13(2)10(11(14)18-19(12,15)16)17-8-9-6-4-3-5-7-9/h3-7,10H,8H2,1-2H3,(H,15,16). The quantitative estimate of drug-likeness (QED) is 0.639. The van der Waals surface area contributed by atoms with Gasteiger partial charge >= 0.3 is 12.9 Å². The van der Waals surface area contributed by atoms with Crippen LogP contribution in [0.1, 0.15) is 5.56 Å². The van der Waals surface area contributed by atoms with Crippen molar-refractivity contribution in [2.45, 2.75) is 12.8 Å². The van der Waals surface area contributed by atoms with Crippen molar-refractivity contribution in [2.24, 2.45) is 0 Å². The van der Waals surface area contributed by atoms with Crippen LogP contribution in [-0.2, 0) is 25.2 Å². The van der Waals surface area contributed by atoms with Gasteiger partial charge in [-0.3, -0.25) is 4.90 Å². The highest BCUT2D eigenvalue weighted by molar-refractivity contribution is 7.80. The van der Waals surface area contributed by atoms with Gasteiger partial charge in [0.25, 0.3) is 0 Å². The summed E-state index contributed by atoms with van der Waals surface area (Å²) in [4.78, 5) is 21.8. The van der Waals surface area contributed by atoms with Crippen molar-refractivity contribution in [1.29, 1.82) is 0 Å². The molecule has 1 aromatic rings. The second kappa shape index (κ2) is 7.03. The molecule has 19 heavy (non-hydrogen) atoms. The lowest BCUT2D eigenvalue weighted by Crippen LogP contribution is -2.38. The largest absolute Gasteiger partial charge is 0.476 e. The zero-order chi connectivity index (χ0) is 14.5. The number of ether oxygens (including phenoxy) is 1. The second-order valence-corrected chi connectivity index (χ2v) is 6.34. The first-order valence-electron chi connectivity index (χ1n) is 5.37. The van der Waals surface area contributed by atoms with Gasteiger partial charge in [-0.2, -0.15) is 0 Å². The minimum atomic E-state index is -4.40. The predicted molar refractivity (Wildman–Crippen MR) is 70.5 cm³/mol. The first-order valence-corrected chi connectivity index (χ1v) is 7.85. The number of benzene rings is 1. The number of carbonyl (C=O) groups is 1. The molecule has 0 bridgehead atoms. The fourth-order valence-electron chi connectivity index (χ4n) is 1.33. The van der Waals surface area contributed by atoms with Crippen LogP contribution in [0.25, 0.3) is 0 Å². The first-order chi connectivity index (χ1) is 8.79. The fourth-order valence-corrected chi connectivity index (χ4v) is 1.85. The van der Waals surface area contributed by atoms with E-state index >= 15 is 0 Å². The maximum absolute atomic E-state index is 11.6. The number of nitrogens with zero attached hydrogens (tertiary/aromatic N) is 1. The van der Waals surface area contributed by atoms with E-state index in [0.29, 0.717) is 0 Å². The van der Waals surface area contributed by atoms with Gasteiger partial charge in [0.15, 0.2) is 0 Å². The molecule has 0 aliphatic carbocycles. The average molecular weight is 308 g/mol. The molecule has 106 valence electrons. The molecule has 1 aromatic carbocycles. The molecule has 0 fully saturated rings. The van der Waals surface area contributed by atoms with Crippen LogP contribution >= 0.6 is 18.2 Å². The zero-order valence-corrected chi connectivity index (χ0v) is 12.2. The lowest BCUT2D eigenvalue weighted by Gasteiger charge is -2.22. The van der Waals surface area contributed by atoms with Crippen molar-refractivity contribution < 1.29 is 23.5 Å². The number of halogens is 1. The van der Waals surface area contributed by atoms with E-state index in [1.807, 2.05) is 30.3 Å². The maximum atomic E-state index is 11.6. The Bertz CT molecular complexity index is 461. The molecule has 1 N–H and O–H groups in total. The fraction of sp³-hybridized carbons (Fsp3) is 0.364. The van der Waals surface area contributed by atoms with E-state index in [1.165, 1.54) is 4.90 Å². The molecule has 0 heterocycles. The smallest absolute Gasteiger partial charge is 0.377 e. The third-order valence-electron chi connectivity index (χ3n) is 2.12. The number of hydrogen-bond acceptors (Lipinski definition) is 5. The Morgan fingerprint density at radius 2 is 2.00 bits per heavy atom. The lowest BCUT2D eigenvalue weighted by atomic mass is 10.2. The summed E-state index contributed by atoms with van der Waals surface area (Å²) in [6, 6.07) is 9.19. The highest BCUT2D eigenvalue weighted by atomic mass is 35.7. The van der Waals surface area contributed by atoms with Crippen molar-refractivity contribution in [3.63, 3.8) is 0 Å². The van der Waals surface area contributed by atoms with E-state index in [0.717, 1.165) is 5.56 Å². The lowest BCUT2D eigenvalue weighted by molar-refractivity contribution is -0.160. The van der Waals surface area contributed by atoms with Gasteiger partial charge in [-0.05, 0) is 19.7 Å². The van der Waals surface area contributed by atoms with Crippen molar-refractivity contribution in [1.82, 2.24) is 4.90 Å². The van der Waals surface area contributed by atoms with Gasteiger partial charge < -0.3 is 14.2 Å². The highest BCUT2D eigenvalue weighted by Gasteiger charge is 2.29. The molecule has 0 saturated heterocycles. The topological polar surface area (TPSA) is 76.1 Å². The zero-order valence-electron chi connectivity index (χ0n) is 10.5. The summed E-state index contributed by atoms with van der Waals surface area (Å²) in [7, 11) is 3.15. The summed E-state index contributed by atoms with van der Waals surface area (Å²) in [5.41, 5.74) is 0.861. The number of likely N-dealkylation sites (N-methyl/N-ethyl adjacent to an activating group) is 1. The summed E-state index contributed by atoms with van der Waals surface area (Å²) in [6.07, 6.45) is -1.11. The molecule has 0 spiro atoms. The summed E-state index contributed by atoms with van der Waals surface area (Å²) >= 11 is 4.99. The molecule has 0 aromatic heterocycles. The Morgan fingerprint density at radius 3 is 2.47 bits per heavy atom. The molecule has 0 radical (unpaired) electrons. The van der Waals surface area contributed by atoms with E-state index in [9.17, 15) is 9.36 Å². The Kier molecular flexibility index (Phi) is 5.97. The second-order valence-electron chi connectivity index (χ2n) is 3.97. The average Bonchev–Trinajstić information content (AvgIpc) is 2.27. The van der Waals surface area contributed by atoms with Crippen LogP contribution in [0.3, 0.4) is 0 Å². The Balaban J connectivity index is 2.63. The third-order valence-corrected chi connectivity index (χ3v) is 2.74. The van der Waals surface area contributed by atoms with Crippen LogP contribution in [0.2, 0.25) is 0 Å². The number of rotatable bonds is 6. The highest BCUT2D eigenvalue weighted by Crippen LogP contribution is 2.47. The Hall–Kier alpha value is -0.910. The molecular formula is C11H15ClNO5P. The van der Waals surface area contributed by atoms with Crippen LogP contribution in [0.5, 0.6) is 0 Å². The van der Waals surface area contributed by atoms with Gasteiger partial charge in [0.2, 0.25) is 6.23 Å². The van der Waals surface area contributed by atoms with Crippen LogP contribution < -0.4 is 0 Å². The van der Waals surface area contributed by atoms with Gasteiger partial charge in [-0.1, -0.05) is 30.3 Å². The van der Waals surface area contributed by atoms with Crippen molar-refractivity contribution in [3.05, 3.63) is 35.9 Å². The molecule has 2 atom stereocenters. The van der Waals surface area contributed by atoms with Crippen LogP contribution in [0.4, 0.5) is 0 Å². The van der Waals surface area contributed by atoms with E-state index in [1.54, 1.807) is 14.1 Å². The first kappa shape index (κ1) is 16.1. The summed E-state index contributed by atoms with van der Waals surface area (Å²) in [5, 5.41) is 0. The van der Waals surface area contributed by atoms with Crippen molar-refractivity contribution in [3.8, 4) is 0 Å². The summed E-state index contributed by atoms with van der Waals surface area (Å²) in [6.45, 7) is -4.23. The van der Waals surface area contributed by atoms with Gasteiger partial charge in [-0.15, -0.1) is 0 Å². The monoisotopic (exact) mass is 307 g/mol. The molecule has 0 aliphatic rings. The van der Waals surface area contributed by atoms with Gasteiger partial charge in [0.05, 0.1) is 6.61 Å². The Labute approximate surface area is 116 Å². The molecule has 8 heteroatoms. The van der Waals surface area contributed by atoms with Gasteiger partial charge in [0, 0.05) is 11.2 Å². The molecule has 1 rings (SSSR count).